The lowest BCUT2D eigenvalue weighted by Gasteiger charge is -2.28. The summed E-state index contributed by atoms with van der Waals surface area (Å²) in [4.78, 5) is 14.4. The van der Waals surface area contributed by atoms with Crippen molar-refractivity contribution in [3.8, 4) is 11.3 Å². The standard InChI is InChI=1S/C19H20F3N7O.ClH/c1-27-9-12(8-24-27)19-17-10-28(2-3-29(17)26-25-19)18(30)6-13(23)4-11-5-15(21)16(22)7-14(11)20;/h5,7-9,13H,2-4,6,10,23H2,1H3;1H/t13-;/m1./s1. The Bertz CT molecular complexity index is 1100. The fraction of sp³-hybridized carbons (Fsp3) is 0.368. The van der Waals surface area contributed by atoms with E-state index in [1.54, 1.807) is 27.5 Å². The third-order valence-electron chi connectivity index (χ3n) is 5.10. The van der Waals surface area contributed by atoms with Gasteiger partial charge in [0.15, 0.2) is 11.6 Å². The van der Waals surface area contributed by atoms with Crippen molar-refractivity contribution in [3.05, 3.63) is 53.2 Å². The largest absolute Gasteiger partial charge is 0.335 e. The summed E-state index contributed by atoms with van der Waals surface area (Å²) < 4.78 is 43.7. The van der Waals surface area contributed by atoms with Crippen LogP contribution in [0.4, 0.5) is 13.2 Å². The summed E-state index contributed by atoms with van der Waals surface area (Å²) in [7, 11) is 1.80. The van der Waals surface area contributed by atoms with Crippen molar-refractivity contribution < 1.29 is 18.0 Å². The second-order valence-corrected chi connectivity index (χ2v) is 7.35. The van der Waals surface area contributed by atoms with E-state index < -0.39 is 23.5 Å². The number of benzene rings is 1. The van der Waals surface area contributed by atoms with E-state index in [4.69, 9.17) is 5.73 Å². The van der Waals surface area contributed by atoms with Gasteiger partial charge in [0.2, 0.25) is 5.91 Å². The van der Waals surface area contributed by atoms with E-state index in [-0.39, 0.29) is 36.7 Å². The normalized spacial score (nSPS) is 14.2. The Morgan fingerprint density at radius 2 is 1.94 bits per heavy atom. The third-order valence-corrected chi connectivity index (χ3v) is 5.10. The van der Waals surface area contributed by atoms with Gasteiger partial charge in [-0.1, -0.05) is 5.21 Å². The number of nitrogens with zero attached hydrogens (tertiary/aromatic N) is 6. The third kappa shape index (κ3) is 4.72. The summed E-state index contributed by atoms with van der Waals surface area (Å²) in [6.45, 7) is 1.23. The Morgan fingerprint density at radius 3 is 2.65 bits per heavy atom. The topological polar surface area (TPSA) is 94.9 Å². The van der Waals surface area contributed by atoms with Crippen LogP contribution in [0.5, 0.6) is 0 Å². The number of aromatic nitrogens is 5. The first-order valence-corrected chi connectivity index (χ1v) is 9.40. The smallest absolute Gasteiger partial charge is 0.224 e. The van der Waals surface area contributed by atoms with Crippen LogP contribution in [0, 0.1) is 17.5 Å². The van der Waals surface area contributed by atoms with Crippen molar-refractivity contribution >= 4 is 18.3 Å². The van der Waals surface area contributed by atoms with Crippen LogP contribution in [-0.2, 0) is 31.4 Å². The summed E-state index contributed by atoms with van der Waals surface area (Å²) in [5, 5.41) is 12.5. The second kappa shape index (κ2) is 9.06. The molecule has 2 aromatic heterocycles. The van der Waals surface area contributed by atoms with Crippen LogP contribution in [0.3, 0.4) is 0 Å². The molecule has 0 unspecified atom stereocenters. The summed E-state index contributed by atoms with van der Waals surface area (Å²) in [6.07, 6.45) is 3.36. The van der Waals surface area contributed by atoms with Crippen molar-refractivity contribution in [2.45, 2.75) is 32.0 Å². The van der Waals surface area contributed by atoms with Gasteiger partial charge >= 0.3 is 0 Å². The summed E-state index contributed by atoms with van der Waals surface area (Å²) in [5.41, 5.74) is 8.20. The van der Waals surface area contributed by atoms with Crippen LogP contribution in [0.1, 0.15) is 17.7 Å². The number of carbonyl (C=O) groups excluding carboxylic acids is 1. The van der Waals surface area contributed by atoms with Gasteiger partial charge in [0.1, 0.15) is 11.5 Å². The van der Waals surface area contributed by atoms with E-state index in [2.05, 4.69) is 15.4 Å². The molecular formula is C19H21ClF3N7O. The second-order valence-electron chi connectivity index (χ2n) is 7.35. The monoisotopic (exact) mass is 455 g/mol. The molecule has 3 heterocycles. The number of hydrogen-bond donors (Lipinski definition) is 1. The Morgan fingerprint density at radius 1 is 1.19 bits per heavy atom. The predicted octanol–water partition coefficient (Wildman–Crippen LogP) is 1.82. The first-order chi connectivity index (χ1) is 14.3. The van der Waals surface area contributed by atoms with E-state index >= 15 is 0 Å². The van der Waals surface area contributed by atoms with Crippen LogP contribution in [0.2, 0.25) is 0 Å². The maximum Gasteiger partial charge on any atom is 0.224 e. The molecule has 1 aliphatic heterocycles. The minimum Gasteiger partial charge on any atom is -0.335 e. The highest BCUT2D eigenvalue weighted by atomic mass is 35.5. The van der Waals surface area contributed by atoms with E-state index in [9.17, 15) is 18.0 Å². The van der Waals surface area contributed by atoms with E-state index in [1.807, 2.05) is 6.20 Å². The van der Waals surface area contributed by atoms with E-state index in [0.717, 1.165) is 17.3 Å². The van der Waals surface area contributed by atoms with Gasteiger partial charge < -0.3 is 10.6 Å². The van der Waals surface area contributed by atoms with Crippen molar-refractivity contribution in [2.75, 3.05) is 6.54 Å². The molecule has 8 nitrogen and oxygen atoms in total. The highest BCUT2D eigenvalue weighted by molar-refractivity contribution is 5.85. The lowest BCUT2D eigenvalue weighted by atomic mass is 10.0. The van der Waals surface area contributed by atoms with Crippen LogP contribution in [-0.4, -0.2) is 48.2 Å². The van der Waals surface area contributed by atoms with Gasteiger partial charge in [0, 0.05) is 43.9 Å². The maximum atomic E-state index is 13.8. The zero-order chi connectivity index (χ0) is 21.4. The quantitative estimate of drug-likeness (QED) is 0.592. The summed E-state index contributed by atoms with van der Waals surface area (Å²) in [5.74, 6) is -3.51. The molecule has 3 aromatic rings. The highest BCUT2D eigenvalue weighted by Gasteiger charge is 2.27. The Labute approximate surface area is 182 Å². The molecule has 0 spiro atoms. The van der Waals surface area contributed by atoms with Crippen LogP contribution < -0.4 is 5.73 Å². The van der Waals surface area contributed by atoms with Gasteiger partial charge in [-0.3, -0.25) is 9.48 Å². The zero-order valence-electron chi connectivity index (χ0n) is 16.6. The number of halogens is 4. The molecule has 1 aromatic carbocycles. The fourth-order valence-corrected chi connectivity index (χ4v) is 3.55. The molecule has 0 radical (unpaired) electrons. The average molecular weight is 456 g/mol. The van der Waals surface area contributed by atoms with Gasteiger partial charge in [-0.05, 0) is 18.1 Å². The summed E-state index contributed by atoms with van der Waals surface area (Å²) in [6, 6.07) is 0.526. The van der Waals surface area contributed by atoms with Crippen molar-refractivity contribution in [1.29, 1.82) is 0 Å². The minimum absolute atomic E-state index is 0. The summed E-state index contributed by atoms with van der Waals surface area (Å²) >= 11 is 0. The van der Waals surface area contributed by atoms with Gasteiger partial charge in [0.05, 0.1) is 25.0 Å². The van der Waals surface area contributed by atoms with Gasteiger partial charge in [-0.25, -0.2) is 17.9 Å². The number of amides is 1. The van der Waals surface area contributed by atoms with Crippen molar-refractivity contribution in [1.82, 2.24) is 29.7 Å². The lowest BCUT2D eigenvalue weighted by Crippen LogP contribution is -2.41. The number of hydrogen-bond acceptors (Lipinski definition) is 5. The van der Waals surface area contributed by atoms with Crippen molar-refractivity contribution in [3.63, 3.8) is 0 Å². The van der Waals surface area contributed by atoms with E-state index in [1.165, 1.54) is 0 Å². The fourth-order valence-electron chi connectivity index (χ4n) is 3.55. The molecule has 166 valence electrons. The molecule has 1 amide bonds. The molecule has 0 saturated carbocycles. The molecule has 0 fully saturated rings. The maximum absolute atomic E-state index is 13.8. The molecule has 2 N–H and O–H groups in total. The molecule has 1 aliphatic rings. The Balaban J connectivity index is 0.00000272. The number of nitrogens with two attached hydrogens (primary N) is 1. The zero-order valence-corrected chi connectivity index (χ0v) is 17.4. The van der Waals surface area contributed by atoms with Crippen molar-refractivity contribution in [2.24, 2.45) is 12.8 Å². The molecule has 0 aliphatic carbocycles. The molecular weight excluding hydrogens is 435 g/mol. The molecule has 1 atom stereocenters. The van der Waals surface area contributed by atoms with Gasteiger partial charge in [-0.15, -0.1) is 17.5 Å². The van der Waals surface area contributed by atoms with Gasteiger partial charge in [-0.2, -0.15) is 5.10 Å². The number of carbonyl (C=O) groups is 1. The molecule has 31 heavy (non-hydrogen) atoms. The minimum atomic E-state index is -1.26. The number of aryl methyl sites for hydroxylation is 1. The van der Waals surface area contributed by atoms with Gasteiger partial charge in [0.25, 0.3) is 0 Å². The lowest BCUT2D eigenvalue weighted by molar-refractivity contribution is -0.133. The number of rotatable bonds is 5. The van der Waals surface area contributed by atoms with E-state index in [0.29, 0.717) is 31.4 Å². The van der Waals surface area contributed by atoms with Crippen LogP contribution in [0.15, 0.2) is 24.5 Å². The SMILES string of the molecule is Cl.Cn1cc(-c2nnn3c2CN(C(=O)C[C@H](N)Cc2cc(F)c(F)cc2F)CC3)cn1. The Hall–Kier alpha value is -2.92. The van der Waals surface area contributed by atoms with Crippen LogP contribution in [0.25, 0.3) is 11.3 Å². The predicted molar refractivity (Wildman–Crippen MR) is 108 cm³/mol. The molecule has 0 bridgehead atoms. The number of fused-ring (bicyclic) bond motifs is 1. The average Bonchev–Trinajstić information content (AvgIpc) is 3.31. The molecule has 12 heteroatoms. The first kappa shape index (κ1) is 22.8. The molecule has 4 rings (SSSR count). The highest BCUT2D eigenvalue weighted by Crippen LogP contribution is 2.25. The molecule has 0 saturated heterocycles. The first-order valence-electron chi connectivity index (χ1n) is 9.40. The van der Waals surface area contributed by atoms with Crippen LogP contribution >= 0.6 is 12.4 Å². The Kier molecular flexibility index (Phi) is 6.65.